The molecule has 4 aromatic rings. The van der Waals surface area contributed by atoms with Crippen LogP contribution in [0.1, 0.15) is 177 Å². The van der Waals surface area contributed by atoms with Crippen molar-refractivity contribution in [1.29, 1.82) is 0 Å². The molecule has 0 heterocycles. The number of fused-ring (bicyclic) bond motifs is 8. The molecule has 1 aliphatic rings. The first-order valence-electron chi connectivity index (χ1n) is 27.0. The Labute approximate surface area is 556 Å². The van der Waals surface area contributed by atoms with Crippen molar-refractivity contribution >= 4 is 175 Å². The third-order valence-corrected chi connectivity index (χ3v) is 16.5. The van der Waals surface area contributed by atoms with Crippen molar-refractivity contribution in [2.45, 2.75) is 171 Å². The molecule has 8 atom stereocenters. The van der Waals surface area contributed by atoms with E-state index in [0.29, 0.717) is 44.5 Å². The summed E-state index contributed by atoms with van der Waals surface area (Å²) in [5.74, 6) is -9.73. The van der Waals surface area contributed by atoms with Gasteiger partial charge in [-0.2, -0.15) is 0 Å². The van der Waals surface area contributed by atoms with E-state index >= 15 is 0 Å². The van der Waals surface area contributed by atoms with Gasteiger partial charge in [-0.25, -0.2) is 0 Å². The van der Waals surface area contributed by atoms with Crippen molar-refractivity contribution in [3.05, 3.63) is 93.0 Å². The third kappa shape index (κ3) is 17.4. The number of benzene rings is 4. The minimum Gasteiger partial charge on any atom is -0.425 e. The van der Waals surface area contributed by atoms with E-state index in [1.807, 2.05) is 27.7 Å². The first-order chi connectivity index (χ1) is 39.4. The van der Waals surface area contributed by atoms with Crippen LogP contribution in [0.25, 0.3) is 0 Å². The molecule has 8 unspecified atom stereocenters. The lowest BCUT2D eigenvalue weighted by Crippen LogP contribution is -2.24. The number of ether oxygens (including phenoxy) is 8. The average molecular weight is 1680 g/mol. The number of halogens is 8. The van der Waals surface area contributed by atoms with Crippen molar-refractivity contribution in [2.75, 3.05) is 0 Å². The summed E-state index contributed by atoms with van der Waals surface area (Å²) in [6.07, 6.45) is 0.806. The summed E-state index contributed by atoms with van der Waals surface area (Å²) in [6, 6.07) is 12.7. The fourth-order valence-electron chi connectivity index (χ4n) is 9.21. The van der Waals surface area contributed by atoms with Crippen LogP contribution in [0.15, 0.2) is 48.5 Å². The predicted octanol–water partition coefficient (Wildman–Crippen LogP) is 15.7. The third-order valence-electron chi connectivity index (χ3n) is 13.5. The largest absolute Gasteiger partial charge is 0.425 e. The minimum atomic E-state index is -0.901. The highest BCUT2D eigenvalue weighted by Crippen LogP contribution is 2.53. The lowest BCUT2D eigenvalue weighted by Gasteiger charge is -2.31. The van der Waals surface area contributed by atoms with Gasteiger partial charge in [0.25, 0.3) is 0 Å². The van der Waals surface area contributed by atoms with E-state index in [2.05, 4.69) is 127 Å². The van der Waals surface area contributed by atoms with Crippen LogP contribution < -0.4 is 37.9 Å². The van der Waals surface area contributed by atoms with Gasteiger partial charge in [0, 0.05) is 92.4 Å². The van der Waals surface area contributed by atoms with Gasteiger partial charge >= 0.3 is 47.8 Å². The molecular weight excluding hydrogens is 1620 g/mol. The molecule has 16 nitrogen and oxygen atoms in total. The van der Waals surface area contributed by atoms with Gasteiger partial charge in [-0.05, 0) is 105 Å². The van der Waals surface area contributed by atoms with Crippen LogP contribution in [0.4, 0.5) is 0 Å². The van der Waals surface area contributed by atoms with Crippen molar-refractivity contribution < 1.29 is 76.3 Å². The van der Waals surface area contributed by atoms with E-state index in [1.54, 1.807) is 79.7 Å². The summed E-state index contributed by atoms with van der Waals surface area (Å²) in [5, 5.41) is 0. The van der Waals surface area contributed by atoms with Crippen molar-refractivity contribution in [2.24, 2.45) is 0 Å². The summed E-state index contributed by atoms with van der Waals surface area (Å²) < 4.78 is 50.1. The molecule has 456 valence electrons. The number of carbonyl (C=O) groups excluding carboxylic acids is 8. The van der Waals surface area contributed by atoms with Gasteiger partial charge < -0.3 is 37.9 Å². The van der Waals surface area contributed by atoms with Crippen molar-refractivity contribution in [3.63, 3.8) is 0 Å². The van der Waals surface area contributed by atoms with Crippen LogP contribution in [0.2, 0.25) is 0 Å². The van der Waals surface area contributed by atoms with E-state index in [1.165, 1.54) is 24.3 Å². The second-order valence-corrected chi connectivity index (χ2v) is 30.8. The van der Waals surface area contributed by atoms with E-state index < -0.39 is 110 Å². The lowest BCUT2D eigenvalue weighted by molar-refractivity contribution is -0.134. The standard InChI is InChI=1S/C60H64Br8O16/c1-13-33-37-17-39(47(79-55(71)27(7)63)21-45(37)77-53(69)25(5)61)34(14-2)41-19-43(51(83-59(75)31(11)67)23-49(41)81-57(73)29(9)65)36(16-4)44-20-42(50(82-58(74)30(10)66)24-52(44)84-60(76)32(12)68)35(15-3)40-18-38(33)46(78-54(70)26(6)62)22-48(40)80-56(72)28(8)64/h17-36H,13-16H2,1-12H3. The average Bonchev–Trinajstić information content (AvgIpc) is 1.45. The van der Waals surface area contributed by atoms with Crippen LogP contribution in [-0.4, -0.2) is 86.4 Å². The Bertz CT molecular complexity index is 2560. The Kier molecular flexibility index (Phi) is 26.8. The zero-order valence-electron chi connectivity index (χ0n) is 47.9. The maximum absolute atomic E-state index is 13.9. The van der Waals surface area contributed by atoms with Crippen LogP contribution in [0, 0.1) is 0 Å². The van der Waals surface area contributed by atoms with Crippen molar-refractivity contribution in [3.8, 4) is 46.0 Å². The molecule has 0 radical (unpaired) electrons. The van der Waals surface area contributed by atoms with E-state index in [4.69, 9.17) is 37.9 Å². The number of hydrogen-bond donors (Lipinski definition) is 0. The lowest BCUT2D eigenvalue weighted by atomic mass is 9.77. The van der Waals surface area contributed by atoms with Gasteiger partial charge in [0.15, 0.2) is 0 Å². The number of hydrogen-bond acceptors (Lipinski definition) is 16. The topological polar surface area (TPSA) is 210 Å². The molecule has 4 aromatic carbocycles. The maximum atomic E-state index is 13.9. The molecule has 0 N–H and O–H groups in total. The number of alkyl halides is 8. The van der Waals surface area contributed by atoms with Gasteiger partial charge in [-0.1, -0.05) is 155 Å². The van der Waals surface area contributed by atoms with Crippen LogP contribution in [0.3, 0.4) is 0 Å². The van der Waals surface area contributed by atoms with Gasteiger partial charge in [-0.3, -0.25) is 38.4 Å². The second kappa shape index (κ2) is 31.6. The molecule has 8 bridgehead atoms. The van der Waals surface area contributed by atoms with Gasteiger partial charge in [0.05, 0.1) is 0 Å². The first-order valence-corrected chi connectivity index (χ1v) is 34.3. The first kappa shape index (κ1) is 71.2. The molecule has 0 amide bonds. The minimum absolute atomic E-state index is 0.0467. The fraction of sp³-hybridized carbons (Fsp3) is 0.467. The quantitative estimate of drug-likeness (QED) is 0.0457. The molecule has 1 aliphatic carbocycles. The highest BCUT2D eigenvalue weighted by Gasteiger charge is 2.38. The van der Waals surface area contributed by atoms with E-state index in [0.717, 1.165) is 0 Å². The zero-order chi connectivity index (χ0) is 62.9. The van der Waals surface area contributed by atoms with Crippen LogP contribution >= 0.6 is 127 Å². The molecule has 0 spiro atoms. The number of esters is 8. The van der Waals surface area contributed by atoms with E-state index in [9.17, 15) is 38.4 Å². The van der Waals surface area contributed by atoms with Gasteiger partial charge in [0.2, 0.25) is 0 Å². The molecule has 24 heteroatoms. The molecule has 0 aliphatic heterocycles. The Balaban J connectivity index is 2.27. The summed E-state index contributed by atoms with van der Waals surface area (Å²) >= 11 is 26.8. The maximum Gasteiger partial charge on any atom is 0.324 e. The highest BCUT2D eigenvalue weighted by atomic mass is 79.9. The Morgan fingerprint density at radius 2 is 0.369 bits per heavy atom. The zero-order valence-corrected chi connectivity index (χ0v) is 60.6. The van der Waals surface area contributed by atoms with Crippen molar-refractivity contribution in [1.82, 2.24) is 0 Å². The SMILES string of the molecule is CCC1c2cc(c(OC(=O)C(C)Br)cc2OC(=O)C(C)Br)C(CC)c2cc(c(OC(=O)C(C)Br)cc2OC(=O)C(C)Br)C(CC)c2cc(c(OC(=O)C(C)Br)cc2OC(=O)C(C)Br)C(CC)c2cc1c(OC(=O)C(C)Br)cc2OC(=O)C(C)Br. The Morgan fingerprint density at radius 1 is 0.262 bits per heavy atom. The molecule has 84 heavy (non-hydrogen) atoms. The smallest absolute Gasteiger partial charge is 0.324 e. The number of rotatable bonds is 20. The number of carbonyl (C=O) groups is 8. The highest BCUT2D eigenvalue weighted by molar-refractivity contribution is 9.11. The van der Waals surface area contributed by atoms with Crippen LogP contribution in [0.5, 0.6) is 46.0 Å². The molecular formula is C60H64Br8O16. The Hall–Kier alpha value is -3.52. The molecule has 0 saturated carbocycles. The van der Waals surface area contributed by atoms with E-state index in [-0.39, 0.29) is 71.7 Å². The van der Waals surface area contributed by atoms with Gasteiger partial charge in [-0.15, -0.1) is 0 Å². The summed E-state index contributed by atoms with van der Waals surface area (Å²) in [7, 11) is 0. The summed E-state index contributed by atoms with van der Waals surface area (Å²) in [4.78, 5) is 105. The molecule has 0 aromatic heterocycles. The van der Waals surface area contributed by atoms with Crippen LogP contribution in [-0.2, 0) is 38.4 Å². The molecule has 0 saturated heterocycles. The molecule has 0 fully saturated rings. The normalized spacial score (nSPS) is 18.4. The van der Waals surface area contributed by atoms with Gasteiger partial charge in [0.1, 0.15) is 84.6 Å². The summed E-state index contributed by atoms with van der Waals surface area (Å²) in [5.41, 5.74) is 2.67. The monoisotopic (exact) mass is 1670 g/mol. The molecule has 5 rings (SSSR count). The Morgan fingerprint density at radius 3 is 0.452 bits per heavy atom. The summed E-state index contributed by atoms with van der Waals surface area (Å²) in [6.45, 7) is 20.1. The predicted molar refractivity (Wildman–Crippen MR) is 346 cm³/mol. The second-order valence-electron chi connectivity index (χ2n) is 19.9. The fourth-order valence-corrected chi connectivity index (χ4v) is 9.96.